The molecule has 0 saturated heterocycles. The summed E-state index contributed by atoms with van der Waals surface area (Å²) in [5.74, 6) is 0. The van der Waals surface area contributed by atoms with Crippen LogP contribution in [0.5, 0.6) is 0 Å². The van der Waals surface area contributed by atoms with Crippen molar-refractivity contribution in [2.75, 3.05) is 6.61 Å². The Morgan fingerprint density at radius 3 is 1.86 bits per heavy atom. The Balaban J connectivity index is 4.22. The first-order chi connectivity index (χ1) is 6.45. The lowest BCUT2D eigenvalue weighted by molar-refractivity contribution is -0.123. The molecule has 0 aliphatic carbocycles. The molecule has 0 aromatic carbocycles. The van der Waals surface area contributed by atoms with Crippen LogP contribution in [0.1, 0.15) is 0 Å². The van der Waals surface area contributed by atoms with Gasteiger partial charge in [0.1, 0.15) is 40.7 Å². The summed E-state index contributed by atoms with van der Waals surface area (Å²) >= 11 is 5.42. The van der Waals surface area contributed by atoms with E-state index in [0.717, 1.165) is 0 Å². The Labute approximate surface area is 97.7 Å². The van der Waals surface area contributed by atoms with Gasteiger partial charge in [-0.3, -0.25) is 3.83 Å². The van der Waals surface area contributed by atoms with Crippen LogP contribution in [0.3, 0.4) is 0 Å². The predicted molar refractivity (Wildman–Crippen MR) is 53.8 cm³/mol. The first-order valence-electron chi connectivity index (χ1n) is 3.70. The van der Waals surface area contributed by atoms with Crippen molar-refractivity contribution >= 4 is 32.2 Å². The van der Waals surface area contributed by atoms with Crippen LogP contribution in [0.15, 0.2) is 0 Å². The van der Waals surface area contributed by atoms with Gasteiger partial charge < -0.3 is 25.5 Å². The van der Waals surface area contributed by atoms with Gasteiger partial charge in [0.15, 0.2) is 5.01 Å². The molecule has 0 spiro atoms. The molecule has 0 aliphatic rings. The molecule has 5 N–H and O–H groups in total. The summed E-state index contributed by atoms with van der Waals surface area (Å²) in [6, 6.07) is 0. The fraction of sp³-hybridized carbons (Fsp3) is 1.00. The first kappa shape index (κ1) is 14.7. The number of aliphatic hydroxyl groups is 5. The number of hydrogen-bond acceptors (Lipinski definition) is 6. The van der Waals surface area contributed by atoms with Crippen molar-refractivity contribution in [2.24, 2.45) is 0 Å². The monoisotopic (exact) mass is 338 g/mol. The van der Waals surface area contributed by atoms with Gasteiger partial charge in [-0.25, -0.2) is 0 Å². The molecule has 0 saturated carbocycles. The maximum absolute atomic E-state index is 9.30. The average molecular weight is 340 g/mol. The quantitative estimate of drug-likeness (QED) is 0.376. The molecule has 8 heteroatoms. The van der Waals surface area contributed by atoms with Crippen LogP contribution in [0.4, 0.5) is 0 Å². The smallest absolute Gasteiger partial charge is 0.155 e. The number of alkyl halides is 1. The minimum Gasteiger partial charge on any atom is -0.394 e. The zero-order valence-electron chi connectivity index (χ0n) is 6.99. The summed E-state index contributed by atoms with van der Waals surface area (Å²) in [5.41, 5.74) is 0. The molecule has 0 unspecified atom stereocenters. The minimum absolute atomic E-state index is 0.715. The fourth-order valence-corrected chi connectivity index (χ4v) is 1.28. The van der Waals surface area contributed by atoms with Gasteiger partial charge in [-0.05, 0) is 0 Å². The molecule has 0 fully saturated rings. The molecule has 0 radical (unpaired) electrons. The third-order valence-corrected chi connectivity index (χ3v) is 3.27. The summed E-state index contributed by atoms with van der Waals surface area (Å²) in [5, 5.41) is 44.3. The Hall–Kier alpha value is 0.720. The van der Waals surface area contributed by atoms with Crippen molar-refractivity contribution in [1.82, 2.24) is 0 Å². The van der Waals surface area contributed by atoms with Gasteiger partial charge in [0.05, 0.1) is 6.61 Å². The summed E-state index contributed by atoms with van der Waals surface area (Å²) in [4.78, 5) is 0. The molecule has 6 nitrogen and oxygen atoms in total. The molecular formula is C6H12Br2O6. The predicted octanol–water partition coefficient (Wildman–Crippen LogP) is -1.53. The highest BCUT2D eigenvalue weighted by Crippen LogP contribution is 2.16. The maximum atomic E-state index is 9.30. The van der Waals surface area contributed by atoms with E-state index >= 15 is 0 Å². The third kappa shape index (κ3) is 4.07. The van der Waals surface area contributed by atoms with E-state index in [9.17, 15) is 15.3 Å². The van der Waals surface area contributed by atoms with Gasteiger partial charge >= 0.3 is 0 Å². The molecule has 0 heterocycles. The van der Waals surface area contributed by atoms with E-state index in [2.05, 4.69) is 36.0 Å². The molecule has 0 bridgehead atoms. The van der Waals surface area contributed by atoms with Crippen LogP contribution >= 0.6 is 32.2 Å². The van der Waals surface area contributed by atoms with Gasteiger partial charge in [-0.2, -0.15) is 0 Å². The SMILES string of the molecule is OC[C@@H](O)[C@H](O)[C@H](O)[C@@H](O)[C@H](Br)OBr. The highest BCUT2D eigenvalue weighted by molar-refractivity contribution is 9.10. The van der Waals surface area contributed by atoms with Crippen molar-refractivity contribution in [3.63, 3.8) is 0 Å². The van der Waals surface area contributed by atoms with Crippen molar-refractivity contribution in [3.8, 4) is 0 Å². The van der Waals surface area contributed by atoms with Gasteiger partial charge in [-0.1, -0.05) is 15.9 Å². The Bertz CT molecular complexity index is 143. The van der Waals surface area contributed by atoms with Crippen LogP contribution in [0.25, 0.3) is 0 Å². The van der Waals surface area contributed by atoms with E-state index in [1.807, 2.05) is 0 Å². The van der Waals surface area contributed by atoms with E-state index in [-0.39, 0.29) is 0 Å². The molecule has 5 atom stereocenters. The molecular weight excluding hydrogens is 328 g/mol. The van der Waals surface area contributed by atoms with E-state index in [1.54, 1.807) is 0 Å². The molecule has 0 aliphatic heterocycles. The summed E-state index contributed by atoms with van der Waals surface area (Å²) < 4.78 is 4.46. The van der Waals surface area contributed by atoms with E-state index < -0.39 is 36.0 Å². The molecule has 86 valence electrons. The third-order valence-electron chi connectivity index (χ3n) is 1.63. The van der Waals surface area contributed by atoms with Crippen molar-refractivity contribution in [1.29, 1.82) is 0 Å². The van der Waals surface area contributed by atoms with Crippen molar-refractivity contribution in [2.45, 2.75) is 29.4 Å². The zero-order valence-corrected chi connectivity index (χ0v) is 10.2. The molecule has 0 amide bonds. The Morgan fingerprint density at radius 2 is 1.50 bits per heavy atom. The van der Waals surface area contributed by atoms with E-state index in [0.29, 0.717) is 0 Å². The van der Waals surface area contributed by atoms with Gasteiger partial charge in [0.2, 0.25) is 0 Å². The molecule has 0 aromatic heterocycles. The van der Waals surface area contributed by atoms with Crippen molar-refractivity contribution in [3.05, 3.63) is 0 Å². The Morgan fingerprint density at radius 1 is 1.00 bits per heavy atom. The summed E-state index contributed by atoms with van der Waals surface area (Å²) in [6.45, 7) is -0.715. The van der Waals surface area contributed by atoms with Crippen LogP contribution < -0.4 is 0 Å². The lowest BCUT2D eigenvalue weighted by Gasteiger charge is -2.27. The second-order valence-corrected chi connectivity index (χ2v) is 3.94. The van der Waals surface area contributed by atoms with Crippen molar-refractivity contribution < 1.29 is 29.4 Å². The lowest BCUT2D eigenvalue weighted by Crippen LogP contribution is -2.48. The largest absolute Gasteiger partial charge is 0.394 e. The van der Waals surface area contributed by atoms with Gasteiger partial charge in [0.25, 0.3) is 0 Å². The van der Waals surface area contributed by atoms with Crippen LogP contribution in [0.2, 0.25) is 0 Å². The minimum atomic E-state index is -1.65. The second kappa shape index (κ2) is 7.07. The lowest BCUT2D eigenvalue weighted by atomic mass is 10.0. The second-order valence-electron chi connectivity index (χ2n) is 2.66. The van der Waals surface area contributed by atoms with E-state index in [1.165, 1.54) is 0 Å². The molecule has 14 heavy (non-hydrogen) atoms. The number of hydrogen-bond donors (Lipinski definition) is 5. The topological polar surface area (TPSA) is 110 Å². The maximum Gasteiger partial charge on any atom is 0.155 e. The average Bonchev–Trinajstić information content (AvgIpc) is 2.23. The molecule has 0 aromatic rings. The standard InChI is InChI=1S/C6H12Br2O6/c7-6(14-8)5(13)4(12)3(11)2(10)1-9/h2-6,9-13H,1H2/t2-,3+,4+,5-,6-/m1/s1. The van der Waals surface area contributed by atoms with Crippen LogP contribution in [-0.2, 0) is 3.83 Å². The van der Waals surface area contributed by atoms with E-state index in [4.69, 9.17) is 10.2 Å². The first-order valence-corrected chi connectivity index (χ1v) is 5.26. The normalized spacial score (nSPS) is 22.5. The number of rotatable bonds is 6. The fourth-order valence-electron chi connectivity index (χ4n) is 0.745. The summed E-state index contributed by atoms with van der Waals surface area (Å²) in [6.07, 6.45) is -6.27. The Kier molecular flexibility index (Phi) is 7.43. The van der Waals surface area contributed by atoms with Crippen LogP contribution in [-0.4, -0.2) is 61.6 Å². The number of halogens is 2. The molecule has 0 rings (SSSR count). The highest BCUT2D eigenvalue weighted by Gasteiger charge is 2.34. The zero-order chi connectivity index (χ0) is 11.3. The summed E-state index contributed by atoms with van der Waals surface area (Å²) in [7, 11) is 0. The number of aliphatic hydroxyl groups excluding tert-OH is 5. The van der Waals surface area contributed by atoms with Gasteiger partial charge in [-0.15, -0.1) is 0 Å². The van der Waals surface area contributed by atoms with Gasteiger partial charge in [0, 0.05) is 0 Å². The van der Waals surface area contributed by atoms with Crippen LogP contribution in [0, 0.1) is 0 Å². The highest BCUT2D eigenvalue weighted by atomic mass is 79.9.